The summed E-state index contributed by atoms with van der Waals surface area (Å²) in [6.07, 6.45) is 5.11. The molecule has 0 heterocycles. The summed E-state index contributed by atoms with van der Waals surface area (Å²) in [7, 11) is -3.21. The Morgan fingerprint density at radius 2 is 1.95 bits per heavy atom. The maximum absolute atomic E-state index is 11.7. The summed E-state index contributed by atoms with van der Waals surface area (Å²) < 4.78 is 26.0. The van der Waals surface area contributed by atoms with Crippen LogP contribution in [-0.4, -0.2) is 38.0 Å². The molecular formula is C13H18N2O2S3. The first-order valence-corrected chi connectivity index (χ1v) is 9.79. The average molecular weight is 330 g/mol. The van der Waals surface area contributed by atoms with Gasteiger partial charge < -0.3 is 5.73 Å². The Hall–Kier alpha value is -0.810. The van der Waals surface area contributed by atoms with E-state index in [1.807, 2.05) is 12.1 Å². The Kier molecular flexibility index (Phi) is 7.92. The van der Waals surface area contributed by atoms with Gasteiger partial charge in [-0.15, -0.1) is 29.9 Å². The van der Waals surface area contributed by atoms with Gasteiger partial charge in [-0.3, -0.25) is 0 Å². The number of thioether (sulfide) groups is 2. The molecule has 1 rings (SSSR count). The monoisotopic (exact) mass is 330 g/mol. The smallest absolute Gasteiger partial charge is 0.212 e. The fourth-order valence-electron chi connectivity index (χ4n) is 1.31. The van der Waals surface area contributed by atoms with Crippen molar-refractivity contribution < 1.29 is 8.42 Å². The number of benzene rings is 1. The maximum atomic E-state index is 11.7. The van der Waals surface area contributed by atoms with Crippen LogP contribution in [0.25, 0.3) is 0 Å². The number of terminal acetylenes is 1. The van der Waals surface area contributed by atoms with Gasteiger partial charge in [-0.1, -0.05) is 5.92 Å². The third-order valence-corrected chi connectivity index (χ3v) is 5.78. The van der Waals surface area contributed by atoms with E-state index in [2.05, 4.69) is 10.6 Å². The summed E-state index contributed by atoms with van der Waals surface area (Å²) in [4.78, 5) is 1.01. The highest BCUT2D eigenvalue weighted by Crippen LogP contribution is 2.19. The van der Waals surface area contributed by atoms with Crippen molar-refractivity contribution >= 4 is 39.2 Å². The number of sulfonamides is 1. The highest BCUT2D eigenvalue weighted by Gasteiger charge is 2.09. The lowest BCUT2D eigenvalue weighted by Gasteiger charge is -2.06. The third-order valence-electron chi connectivity index (χ3n) is 2.25. The molecule has 0 radical (unpaired) electrons. The lowest BCUT2D eigenvalue weighted by molar-refractivity contribution is 0.586. The lowest BCUT2D eigenvalue weighted by Crippen LogP contribution is -2.29. The lowest BCUT2D eigenvalue weighted by atomic mass is 10.3. The van der Waals surface area contributed by atoms with Crippen LogP contribution in [0.4, 0.5) is 5.69 Å². The van der Waals surface area contributed by atoms with Crippen LogP contribution in [0.5, 0.6) is 0 Å². The summed E-state index contributed by atoms with van der Waals surface area (Å²) in [5, 5.41) is 0. The van der Waals surface area contributed by atoms with Gasteiger partial charge in [-0.05, 0) is 24.3 Å². The molecule has 0 saturated carbocycles. The number of hydrogen-bond acceptors (Lipinski definition) is 5. The highest BCUT2D eigenvalue weighted by atomic mass is 32.2. The minimum Gasteiger partial charge on any atom is -0.399 e. The van der Waals surface area contributed by atoms with Crippen molar-refractivity contribution in [2.24, 2.45) is 0 Å². The van der Waals surface area contributed by atoms with Crippen LogP contribution >= 0.6 is 23.5 Å². The summed E-state index contributed by atoms with van der Waals surface area (Å²) in [5.41, 5.74) is 6.29. The molecule has 110 valence electrons. The van der Waals surface area contributed by atoms with Gasteiger partial charge in [-0.2, -0.15) is 0 Å². The number of rotatable bonds is 9. The average Bonchev–Trinajstić information content (AvgIpc) is 2.40. The molecule has 0 spiro atoms. The summed E-state index contributed by atoms with van der Waals surface area (Å²) in [6, 6.07) is 7.38. The zero-order chi connectivity index (χ0) is 14.8. The van der Waals surface area contributed by atoms with Gasteiger partial charge >= 0.3 is 0 Å². The van der Waals surface area contributed by atoms with E-state index >= 15 is 0 Å². The second-order valence-electron chi connectivity index (χ2n) is 3.89. The molecule has 0 saturated heterocycles. The number of anilines is 1. The zero-order valence-electron chi connectivity index (χ0n) is 11.0. The number of hydrogen-bond donors (Lipinski definition) is 2. The molecule has 0 aromatic heterocycles. The van der Waals surface area contributed by atoms with Gasteiger partial charge in [0.05, 0.1) is 11.5 Å². The molecule has 1 aromatic carbocycles. The number of nitrogens with one attached hydrogen (secondary N) is 1. The summed E-state index contributed by atoms with van der Waals surface area (Å²) in [6.45, 7) is 0.418. The van der Waals surface area contributed by atoms with E-state index in [-0.39, 0.29) is 5.75 Å². The van der Waals surface area contributed by atoms with E-state index in [0.29, 0.717) is 29.5 Å². The predicted molar refractivity (Wildman–Crippen MR) is 89.5 cm³/mol. The van der Waals surface area contributed by atoms with Crippen LogP contribution in [0.2, 0.25) is 0 Å². The van der Waals surface area contributed by atoms with Crippen LogP contribution in [0, 0.1) is 12.3 Å². The minimum atomic E-state index is -3.21. The van der Waals surface area contributed by atoms with E-state index in [4.69, 9.17) is 12.2 Å². The molecule has 0 aliphatic carbocycles. The molecule has 3 N–H and O–H groups in total. The Balaban J connectivity index is 2.22. The number of nitrogen functional groups attached to an aromatic ring is 1. The fourth-order valence-corrected chi connectivity index (χ4v) is 4.28. The van der Waals surface area contributed by atoms with Crippen LogP contribution in [0.3, 0.4) is 0 Å². The molecule has 20 heavy (non-hydrogen) atoms. The molecule has 0 aliphatic heterocycles. The molecule has 4 nitrogen and oxygen atoms in total. The summed E-state index contributed by atoms with van der Waals surface area (Å²) >= 11 is 3.03. The van der Waals surface area contributed by atoms with Crippen molar-refractivity contribution in [3.05, 3.63) is 24.3 Å². The van der Waals surface area contributed by atoms with E-state index in [1.54, 1.807) is 12.1 Å². The van der Waals surface area contributed by atoms with Crippen molar-refractivity contribution in [3.8, 4) is 12.3 Å². The second kappa shape index (κ2) is 9.19. The second-order valence-corrected chi connectivity index (χ2v) is 8.09. The molecule has 0 fully saturated rings. The fraction of sp³-hybridized carbons (Fsp3) is 0.385. The molecule has 7 heteroatoms. The topological polar surface area (TPSA) is 72.2 Å². The Morgan fingerprint density at radius 3 is 2.60 bits per heavy atom. The van der Waals surface area contributed by atoms with E-state index < -0.39 is 10.0 Å². The minimum absolute atomic E-state index is 0.0991. The van der Waals surface area contributed by atoms with Crippen molar-refractivity contribution in [2.75, 3.05) is 35.3 Å². The van der Waals surface area contributed by atoms with Gasteiger partial charge in [0.1, 0.15) is 0 Å². The first-order valence-electron chi connectivity index (χ1n) is 6.00. The van der Waals surface area contributed by atoms with Gasteiger partial charge in [0.25, 0.3) is 0 Å². The van der Waals surface area contributed by atoms with Crippen LogP contribution in [0.1, 0.15) is 0 Å². The summed E-state index contributed by atoms with van der Waals surface area (Å²) in [5.74, 6) is 4.40. The van der Waals surface area contributed by atoms with E-state index in [0.717, 1.165) is 4.90 Å². The molecule has 1 aromatic rings. The van der Waals surface area contributed by atoms with Gasteiger partial charge in [0, 0.05) is 28.6 Å². The van der Waals surface area contributed by atoms with E-state index in [9.17, 15) is 8.42 Å². The molecule has 0 bridgehead atoms. The Bertz CT molecular complexity index is 536. The first kappa shape index (κ1) is 17.2. The zero-order valence-corrected chi connectivity index (χ0v) is 13.5. The maximum Gasteiger partial charge on any atom is 0.212 e. The van der Waals surface area contributed by atoms with Crippen molar-refractivity contribution in [1.29, 1.82) is 0 Å². The SMILES string of the molecule is C#CCSCCNS(=O)(=O)CCSc1ccc(N)cc1. The van der Waals surface area contributed by atoms with Crippen LogP contribution in [-0.2, 0) is 10.0 Å². The van der Waals surface area contributed by atoms with Gasteiger partial charge in [0.2, 0.25) is 10.0 Å². The van der Waals surface area contributed by atoms with Crippen LogP contribution < -0.4 is 10.5 Å². The molecule has 0 amide bonds. The molecular weight excluding hydrogens is 312 g/mol. The third kappa shape index (κ3) is 7.70. The van der Waals surface area contributed by atoms with Crippen molar-refractivity contribution in [1.82, 2.24) is 4.72 Å². The molecule has 0 atom stereocenters. The highest BCUT2D eigenvalue weighted by molar-refractivity contribution is 8.00. The quantitative estimate of drug-likeness (QED) is 0.312. The van der Waals surface area contributed by atoms with Crippen molar-refractivity contribution in [2.45, 2.75) is 4.90 Å². The Morgan fingerprint density at radius 1 is 1.25 bits per heavy atom. The predicted octanol–water partition coefficient (Wildman–Crippen LogP) is 1.65. The molecule has 0 unspecified atom stereocenters. The van der Waals surface area contributed by atoms with Gasteiger partial charge in [-0.25, -0.2) is 13.1 Å². The Labute approximate surface area is 129 Å². The van der Waals surface area contributed by atoms with E-state index in [1.165, 1.54) is 23.5 Å². The van der Waals surface area contributed by atoms with Crippen molar-refractivity contribution in [3.63, 3.8) is 0 Å². The standard InChI is InChI=1S/C13H18N2O2S3/c1-2-8-18-9-7-15-20(16,17)11-10-19-13-5-3-12(14)4-6-13/h1,3-6,15H,7-11,14H2. The number of nitrogens with two attached hydrogens (primary N) is 1. The normalized spacial score (nSPS) is 11.2. The van der Waals surface area contributed by atoms with Gasteiger partial charge in [0.15, 0.2) is 0 Å². The van der Waals surface area contributed by atoms with Crippen LogP contribution in [0.15, 0.2) is 29.2 Å². The molecule has 0 aliphatic rings. The first-order chi connectivity index (χ1) is 9.53. The largest absolute Gasteiger partial charge is 0.399 e.